The number of nitrogens with one attached hydrogen (secondary N) is 2. The summed E-state index contributed by atoms with van der Waals surface area (Å²) in [5, 5.41) is 6.20. The van der Waals surface area contributed by atoms with Crippen LogP contribution >= 0.6 is 15.9 Å². The Morgan fingerprint density at radius 1 is 1.47 bits per heavy atom. The van der Waals surface area contributed by atoms with Gasteiger partial charge < -0.3 is 15.4 Å². The topological polar surface area (TPSA) is 33.3 Å². The minimum absolute atomic E-state index is 0.0515. The Kier molecular flexibility index (Phi) is 5.13. The summed E-state index contributed by atoms with van der Waals surface area (Å²) in [5.74, 6) is -1.18. The number of hydrogen-bond donors (Lipinski definition) is 2. The van der Waals surface area contributed by atoms with Gasteiger partial charge in [0.15, 0.2) is 0 Å². The van der Waals surface area contributed by atoms with E-state index in [2.05, 4.69) is 26.6 Å². The third-order valence-corrected chi connectivity index (χ3v) is 3.49. The van der Waals surface area contributed by atoms with Crippen molar-refractivity contribution in [2.75, 3.05) is 25.1 Å². The van der Waals surface area contributed by atoms with Crippen LogP contribution in [0.15, 0.2) is 16.6 Å². The standard InChI is InChI=1S/C13H17BrF2N2O/c1-8(4-10-7-19-3-2-17-10)18-13-11(15)5-9(14)6-12(13)16/h5-6,8,10,17-18H,2-4,7H2,1H3. The number of rotatable bonds is 4. The predicted octanol–water partition coefficient (Wildman–Crippen LogP) is 2.91. The lowest BCUT2D eigenvalue weighted by atomic mass is 10.1. The largest absolute Gasteiger partial charge is 0.379 e. The summed E-state index contributed by atoms with van der Waals surface area (Å²) < 4.78 is 33.1. The highest BCUT2D eigenvalue weighted by Crippen LogP contribution is 2.24. The van der Waals surface area contributed by atoms with Crippen LogP contribution < -0.4 is 10.6 Å². The number of anilines is 1. The molecule has 19 heavy (non-hydrogen) atoms. The van der Waals surface area contributed by atoms with Crippen molar-refractivity contribution in [2.24, 2.45) is 0 Å². The Bertz CT molecular complexity index is 416. The van der Waals surface area contributed by atoms with Crippen LogP contribution in [0.1, 0.15) is 13.3 Å². The van der Waals surface area contributed by atoms with Gasteiger partial charge in [-0.2, -0.15) is 0 Å². The van der Waals surface area contributed by atoms with E-state index in [0.717, 1.165) is 13.0 Å². The molecule has 2 rings (SSSR count). The Balaban J connectivity index is 1.96. The predicted molar refractivity (Wildman–Crippen MR) is 74.4 cm³/mol. The quantitative estimate of drug-likeness (QED) is 0.888. The molecule has 1 aliphatic rings. The highest BCUT2D eigenvalue weighted by Gasteiger charge is 2.18. The number of ether oxygens (including phenoxy) is 1. The first-order valence-corrected chi connectivity index (χ1v) is 7.07. The van der Waals surface area contributed by atoms with Crippen LogP contribution in [0.5, 0.6) is 0 Å². The molecule has 0 bridgehead atoms. The van der Waals surface area contributed by atoms with Crippen LogP contribution in [0.4, 0.5) is 14.5 Å². The Labute approximate surface area is 119 Å². The van der Waals surface area contributed by atoms with E-state index in [4.69, 9.17) is 4.74 Å². The molecule has 2 atom stereocenters. The molecule has 0 aliphatic carbocycles. The molecule has 0 spiro atoms. The van der Waals surface area contributed by atoms with Gasteiger partial charge in [0, 0.05) is 23.1 Å². The lowest BCUT2D eigenvalue weighted by molar-refractivity contribution is 0.0731. The third kappa shape index (κ3) is 4.12. The summed E-state index contributed by atoms with van der Waals surface area (Å²) in [7, 11) is 0. The SMILES string of the molecule is CC(CC1COCCN1)Nc1c(F)cc(Br)cc1F. The number of benzene rings is 1. The Morgan fingerprint density at radius 3 is 2.74 bits per heavy atom. The second-order valence-electron chi connectivity index (χ2n) is 4.75. The van der Waals surface area contributed by atoms with Crippen molar-refractivity contribution >= 4 is 21.6 Å². The van der Waals surface area contributed by atoms with E-state index in [1.807, 2.05) is 6.92 Å². The molecule has 2 N–H and O–H groups in total. The van der Waals surface area contributed by atoms with E-state index in [-0.39, 0.29) is 17.8 Å². The maximum Gasteiger partial charge on any atom is 0.150 e. The van der Waals surface area contributed by atoms with Gasteiger partial charge in [-0.1, -0.05) is 15.9 Å². The van der Waals surface area contributed by atoms with Crippen LogP contribution in [0.2, 0.25) is 0 Å². The molecule has 1 aliphatic heterocycles. The first kappa shape index (κ1) is 14.7. The molecular formula is C13H17BrF2N2O. The summed E-state index contributed by atoms with van der Waals surface area (Å²) in [6.07, 6.45) is 0.745. The maximum atomic E-state index is 13.7. The maximum absolute atomic E-state index is 13.7. The van der Waals surface area contributed by atoms with Gasteiger partial charge in [-0.3, -0.25) is 0 Å². The molecule has 1 heterocycles. The lowest BCUT2D eigenvalue weighted by Gasteiger charge is -2.27. The zero-order chi connectivity index (χ0) is 13.8. The van der Waals surface area contributed by atoms with Crippen molar-refractivity contribution in [3.8, 4) is 0 Å². The van der Waals surface area contributed by atoms with E-state index >= 15 is 0 Å². The van der Waals surface area contributed by atoms with Crippen LogP contribution in [-0.4, -0.2) is 31.8 Å². The first-order chi connectivity index (χ1) is 9.06. The van der Waals surface area contributed by atoms with Crippen molar-refractivity contribution in [1.82, 2.24) is 5.32 Å². The first-order valence-electron chi connectivity index (χ1n) is 6.28. The van der Waals surface area contributed by atoms with E-state index in [0.29, 0.717) is 17.7 Å². The van der Waals surface area contributed by atoms with Gasteiger partial charge in [-0.25, -0.2) is 8.78 Å². The molecule has 1 fully saturated rings. The van der Waals surface area contributed by atoms with Gasteiger partial charge >= 0.3 is 0 Å². The molecule has 0 aromatic heterocycles. The van der Waals surface area contributed by atoms with Crippen molar-refractivity contribution in [2.45, 2.75) is 25.4 Å². The molecule has 1 aromatic rings. The van der Waals surface area contributed by atoms with Gasteiger partial charge in [0.05, 0.1) is 13.2 Å². The average molecular weight is 335 g/mol. The smallest absolute Gasteiger partial charge is 0.150 e. The molecule has 1 aromatic carbocycles. The normalized spacial score (nSPS) is 21.2. The lowest BCUT2D eigenvalue weighted by Crippen LogP contribution is -2.43. The fraction of sp³-hybridized carbons (Fsp3) is 0.538. The molecule has 0 saturated carbocycles. The van der Waals surface area contributed by atoms with E-state index in [1.54, 1.807) is 0 Å². The zero-order valence-corrected chi connectivity index (χ0v) is 12.3. The van der Waals surface area contributed by atoms with Crippen LogP contribution in [0, 0.1) is 11.6 Å². The van der Waals surface area contributed by atoms with Gasteiger partial charge in [-0.05, 0) is 25.5 Å². The van der Waals surface area contributed by atoms with E-state index < -0.39 is 11.6 Å². The third-order valence-electron chi connectivity index (χ3n) is 3.03. The Morgan fingerprint density at radius 2 is 2.16 bits per heavy atom. The van der Waals surface area contributed by atoms with Crippen LogP contribution in [-0.2, 0) is 4.74 Å². The molecule has 106 valence electrons. The molecule has 0 amide bonds. The minimum atomic E-state index is -0.591. The number of morpholine rings is 1. The van der Waals surface area contributed by atoms with Crippen molar-refractivity contribution < 1.29 is 13.5 Å². The monoisotopic (exact) mass is 334 g/mol. The summed E-state index contributed by atoms with van der Waals surface area (Å²) in [4.78, 5) is 0. The van der Waals surface area contributed by atoms with Gasteiger partial charge in [0.25, 0.3) is 0 Å². The summed E-state index contributed by atoms with van der Waals surface area (Å²) in [6.45, 7) is 4.07. The highest BCUT2D eigenvalue weighted by atomic mass is 79.9. The fourth-order valence-corrected chi connectivity index (χ4v) is 2.59. The van der Waals surface area contributed by atoms with Crippen LogP contribution in [0.3, 0.4) is 0 Å². The minimum Gasteiger partial charge on any atom is -0.379 e. The van der Waals surface area contributed by atoms with Crippen LogP contribution in [0.25, 0.3) is 0 Å². The second kappa shape index (κ2) is 6.63. The van der Waals surface area contributed by atoms with Crippen molar-refractivity contribution in [3.05, 3.63) is 28.2 Å². The number of hydrogen-bond acceptors (Lipinski definition) is 3. The molecule has 3 nitrogen and oxygen atoms in total. The van der Waals surface area contributed by atoms with Crippen molar-refractivity contribution in [1.29, 1.82) is 0 Å². The molecule has 1 saturated heterocycles. The number of halogens is 3. The van der Waals surface area contributed by atoms with Crippen molar-refractivity contribution in [3.63, 3.8) is 0 Å². The Hall–Kier alpha value is -0.720. The van der Waals surface area contributed by atoms with Gasteiger partial charge in [0.2, 0.25) is 0 Å². The average Bonchev–Trinajstić information content (AvgIpc) is 2.35. The molecular weight excluding hydrogens is 318 g/mol. The van der Waals surface area contributed by atoms with E-state index in [9.17, 15) is 8.78 Å². The molecule has 0 radical (unpaired) electrons. The summed E-state index contributed by atoms with van der Waals surface area (Å²) in [6, 6.07) is 2.67. The second-order valence-corrected chi connectivity index (χ2v) is 5.67. The fourth-order valence-electron chi connectivity index (χ4n) is 2.18. The van der Waals surface area contributed by atoms with Gasteiger partial charge in [-0.15, -0.1) is 0 Å². The summed E-state index contributed by atoms with van der Waals surface area (Å²) >= 11 is 3.06. The van der Waals surface area contributed by atoms with Gasteiger partial charge in [0.1, 0.15) is 17.3 Å². The van der Waals surface area contributed by atoms with E-state index in [1.165, 1.54) is 12.1 Å². The molecule has 6 heteroatoms. The summed E-state index contributed by atoms with van der Waals surface area (Å²) in [5.41, 5.74) is -0.0765. The highest BCUT2D eigenvalue weighted by molar-refractivity contribution is 9.10. The molecule has 2 unspecified atom stereocenters. The zero-order valence-electron chi connectivity index (χ0n) is 10.7.